The van der Waals surface area contributed by atoms with Crippen molar-refractivity contribution in [3.05, 3.63) is 106 Å². The lowest BCUT2D eigenvalue weighted by atomic mass is 9.91. The fourth-order valence-corrected chi connectivity index (χ4v) is 10.5. The highest BCUT2D eigenvalue weighted by molar-refractivity contribution is 5.99. The molecule has 0 bridgehead atoms. The first-order valence-corrected chi connectivity index (χ1v) is 28.2. The number of aliphatic carboxylic acids is 1. The van der Waals surface area contributed by atoms with E-state index in [9.17, 15) is 33.9 Å². The number of carboxylic acids is 1. The van der Waals surface area contributed by atoms with Crippen molar-refractivity contribution in [2.24, 2.45) is 27.9 Å². The number of primary amides is 1. The summed E-state index contributed by atoms with van der Waals surface area (Å²) in [6.07, 6.45) is 1.95. The summed E-state index contributed by atoms with van der Waals surface area (Å²) in [7, 11) is 0. The van der Waals surface area contributed by atoms with Gasteiger partial charge in [-0.1, -0.05) is 92.6 Å². The third-order valence-corrected chi connectivity index (χ3v) is 15.0. The molecule has 24 heteroatoms. The number of nitrogens with two attached hydrogens (primary N) is 4. The number of hydrogen-bond acceptors (Lipinski definition) is 13. The summed E-state index contributed by atoms with van der Waals surface area (Å²) in [5.41, 5.74) is 27.3. The van der Waals surface area contributed by atoms with Gasteiger partial charge in [0.25, 0.3) is 0 Å². The largest absolute Gasteiger partial charge is 0.481 e. The van der Waals surface area contributed by atoms with Gasteiger partial charge in [-0.15, -0.1) is 0 Å². The number of aliphatic imine (C=N–C) groups is 1. The van der Waals surface area contributed by atoms with Crippen LogP contribution in [0, 0.1) is 0 Å². The molecule has 6 rings (SSSR count). The van der Waals surface area contributed by atoms with Crippen molar-refractivity contribution in [3.8, 4) is 0 Å². The quantitative estimate of drug-likeness (QED) is 0.0243. The Hall–Kier alpha value is -7.96. The Bertz CT molecular complexity index is 2750. The van der Waals surface area contributed by atoms with Gasteiger partial charge in [-0.05, 0) is 78.5 Å². The molecular weight excluding hydrogens is 1050 g/mol. The highest BCUT2D eigenvalue weighted by Gasteiger charge is 2.43. The molecule has 0 saturated carbocycles. The lowest BCUT2D eigenvalue weighted by Crippen LogP contribution is -2.62. The van der Waals surface area contributed by atoms with Crippen LogP contribution in [0.5, 0.6) is 0 Å². The van der Waals surface area contributed by atoms with E-state index in [4.69, 9.17) is 27.7 Å². The van der Waals surface area contributed by atoms with Gasteiger partial charge in [0.15, 0.2) is 5.96 Å². The lowest BCUT2D eigenvalue weighted by molar-refractivity contribution is -0.148. The molecule has 0 aromatic heterocycles. The number of carbonyl (C=O) groups excluding carboxylic acids is 8. The van der Waals surface area contributed by atoms with E-state index in [1.54, 1.807) is 30.3 Å². The number of ether oxygens (including phenoxy) is 1. The first-order chi connectivity index (χ1) is 39.3. The average Bonchev–Trinajstić information content (AvgIpc) is 3.55. The topological polar surface area (TPSA) is 369 Å². The number of morpholine rings is 1. The third kappa shape index (κ3) is 18.5. The number of rotatable bonds is 29. The molecule has 14 N–H and O–H groups in total. The van der Waals surface area contributed by atoms with Gasteiger partial charge in [-0.25, -0.2) is 0 Å². The fourth-order valence-electron chi connectivity index (χ4n) is 10.5. The highest BCUT2D eigenvalue weighted by Crippen LogP contribution is 2.28. The third-order valence-electron chi connectivity index (χ3n) is 15.0. The molecule has 1 fully saturated rings. The minimum absolute atomic E-state index is 0.0344. The molecular formula is C58H81N13O11. The Labute approximate surface area is 478 Å². The molecule has 24 nitrogen and oxygen atoms in total. The monoisotopic (exact) mass is 1140 g/mol. The van der Waals surface area contributed by atoms with Crippen LogP contribution < -0.4 is 49.5 Å². The van der Waals surface area contributed by atoms with Gasteiger partial charge in [0.05, 0.1) is 19.6 Å². The molecule has 444 valence electrons. The molecule has 3 heterocycles. The number of carboxylic acid groups (broad SMARTS) is 1. The Kier molecular flexibility index (Phi) is 24.1. The molecule has 3 aliphatic heterocycles. The van der Waals surface area contributed by atoms with Crippen LogP contribution in [0.1, 0.15) is 105 Å². The smallest absolute Gasteiger partial charge is 0.305 e. The molecule has 3 aromatic carbocycles. The standard InChI is InChI=1S/C58H81N13O11/c1-3-4-16-44(64-36(2)72)52(76)68-47(32-50(73)74)57(81)71-35-42-15-8-6-13-40(42)31-49(71)55(79)67-46(29-37-19-21-38(22-20-37)33-69-25-27-82-28-26-69)53(77)66-45(18-11-24-63-58(61)62)56(80)70-34-41-14-7-5-12-39(41)30-48(70)54(78)65-43(51(60)75)17-9-10-23-59/h5-8,12-15,19-22,43-49H,3-4,9-11,16-18,23-35,59H2,1-2H3,(H2,60,75)(H,64,72)(H,65,78)(H,66,77)(H,67,79)(H,68,76)(H,73,74)(H4,61,62,63)/t43-,44-,45-,46+,47-,48-,49-/m0/s1. The molecule has 1 saturated heterocycles. The van der Waals surface area contributed by atoms with Crippen LogP contribution in [0.4, 0.5) is 0 Å². The van der Waals surface area contributed by atoms with E-state index in [-0.39, 0.29) is 70.5 Å². The zero-order valence-electron chi connectivity index (χ0n) is 46.9. The second-order valence-electron chi connectivity index (χ2n) is 21.2. The van der Waals surface area contributed by atoms with Gasteiger partial charge in [0, 0.05) is 65.5 Å². The normalized spacial score (nSPS) is 17.7. The molecule has 0 radical (unpaired) electrons. The minimum Gasteiger partial charge on any atom is -0.481 e. The summed E-state index contributed by atoms with van der Waals surface area (Å²) >= 11 is 0. The molecule has 3 aromatic rings. The highest BCUT2D eigenvalue weighted by atomic mass is 16.5. The molecule has 82 heavy (non-hydrogen) atoms. The van der Waals surface area contributed by atoms with Crippen molar-refractivity contribution in [1.29, 1.82) is 0 Å². The van der Waals surface area contributed by atoms with Gasteiger partial charge in [-0.2, -0.15) is 0 Å². The van der Waals surface area contributed by atoms with Crippen molar-refractivity contribution in [2.75, 3.05) is 39.4 Å². The number of unbranched alkanes of at least 4 members (excludes halogenated alkanes) is 2. The van der Waals surface area contributed by atoms with E-state index in [0.29, 0.717) is 68.7 Å². The summed E-state index contributed by atoms with van der Waals surface area (Å²) < 4.78 is 5.52. The zero-order chi connectivity index (χ0) is 59.3. The Morgan fingerprint density at radius 1 is 0.622 bits per heavy atom. The average molecular weight is 1140 g/mol. The number of hydrogen-bond donors (Lipinski definition) is 10. The SMILES string of the molecule is CCCC[C@H](NC(C)=O)C(=O)N[C@@H](CC(=O)O)C(=O)N1Cc2ccccc2C[C@H]1C(=O)N[C@H](Cc1ccc(CN2CCOCC2)cc1)C(=O)N[C@@H](CCCN=C(N)N)C(=O)N1Cc2ccccc2C[C@H]1C(=O)N[C@@H](CCCCN)C(N)=O. The maximum Gasteiger partial charge on any atom is 0.305 e. The van der Waals surface area contributed by atoms with Crippen molar-refractivity contribution < 1.29 is 53.0 Å². The number of carbonyl (C=O) groups is 9. The summed E-state index contributed by atoms with van der Waals surface area (Å²) in [6.45, 7) is 6.75. The summed E-state index contributed by atoms with van der Waals surface area (Å²) in [5.74, 6) is -7.37. The Morgan fingerprint density at radius 2 is 1.13 bits per heavy atom. The minimum atomic E-state index is -1.67. The van der Waals surface area contributed by atoms with Crippen LogP contribution in [-0.2, 0) is 86.8 Å². The predicted molar refractivity (Wildman–Crippen MR) is 304 cm³/mol. The van der Waals surface area contributed by atoms with Crippen LogP contribution in [0.15, 0.2) is 77.8 Å². The molecule has 0 spiro atoms. The van der Waals surface area contributed by atoms with Gasteiger partial charge >= 0.3 is 5.97 Å². The second-order valence-corrected chi connectivity index (χ2v) is 21.2. The van der Waals surface area contributed by atoms with E-state index in [1.165, 1.54) is 16.7 Å². The maximum atomic E-state index is 15.3. The first-order valence-electron chi connectivity index (χ1n) is 28.2. The van der Waals surface area contributed by atoms with E-state index in [0.717, 1.165) is 29.8 Å². The van der Waals surface area contributed by atoms with Gasteiger partial charge in [0.2, 0.25) is 47.3 Å². The number of fused-ring (bicyclic) bond motifs is 2. The van der Waals surface area contributed by atoms with Gasteiger partial charge in [0.1, 0.15) is 42.3 Å². The first kappa shape index (κ1) is 63.2. The van der Waals surface area contributed by atoms with E-state index < -0.39 is 102 Å². The zero-order valence-corrected chi connectivity index (χ0v) is 46.9. The van der Waals surface area contributed by atoms with E-state index in [1.807, 2.05) is 49.4 Å². The molecule has 0 aliphatic carbocycles. The fraction of sp³-hybridized carbons (Fsp3) is 0.517. The number of nitrogens with zero attached hydrogens (tertiary/aromatic N) is 4. The Balaban J connectivity index is 1.35. The molecule has 7 atom stereocenters. The summed E-state index contributed by atoms with van der Waals surface area (Å²) in [4.78, 5) is 135. The summed E-state index contributed by atoms with van der Waals surface area (Å²) in [5, 5.41) is 23.8. The Morgan fingerprint density at radius 3 is 1.67 bits per heavy atom. The predicted octanol–water partition coefficient (Wildman–Crippen LogP) is -0.255. The van der Waals surface area contributed by atoms with Crippen molar-refractivity contribution in [1.82, 2.24) is 41.3 Å². The summed E-state index contributed by atoms with van der Waals surface area (Å²) in [6, 6.07) is 12.9. The number of nitrogens with one attached hydrogen (secondary N) is 5. The van der Waals surface area contributed by atoms with Crippen molar-refractivity contribution in [3.63, 3.8) is 0 Å². The number of guanidine groups is 1. The van der Waals surface area contributed by atoms with Crippen LogP contribution >= 0.6 is 0 Å². The van der Waals surface area contributed by atoms with Crippen LogP contribution in [0.3, 0.4) is 0 Å². The van der Waals surface area contributed by atoms with Crippen LogP contribution in [-0.4, -0.2) is 161 Å². The van der Waals surface area contributed by atoms with Crippen LogP contribution in [0.25, 0.3) is 0 Å². The van der Waals surface area contributed by atoms with Gasteiger partial charge in [-0.3, -0.25) is 53.0 Å². The second kappa shape index (κ2) is 31.3. The van der Waals surface area contributed by atoms with Crippen molar-refractivity contribution in [2.45, 2.75) is 153 Å². The number of amides is 8. The van der Waals surface area contributed by atoms with Gasteiger partial charge < -0.3 is 69.2 Å². The van der Waals surface area contributed by atoms with E-state index in [2.05, 4.69) is 36.5 Å². The van der Waals surface area contributed by atoms with Crippen LogP contribution in [0.2, 0.25) is 0 Å². The maximum absolute atomic E-state index is 15.3. The molecule has 0 unspecified atom stereocenters. The van der Waals surface area contributed by atoms with E-state index >= 15 is 14.4 Å². The lowest BCUT2D eigenvalue weighted by Gasteiger charge is -2.39. The molecule has 3 aliphatic rings. The van der Waals surface area contributed by atoms with Crippen molar-refractivity contribution >= 4 is 59.2 Å². The molecule has 8 amide bonds. The number of benzene rings is 3.